The molecule has 5 aliphatic rings. The van der Waals surface area contributed by atoms with Crippen LogP contribution < -0.4 is 10.6 Å². The number of hydrogen-bond donors (Lipinski definition) is 2. The predicted octanol–water partition coefficient (Wildman–Crippen LogP) is 15.4. The summed E-state index contributed by atoms with van der Waals surface area (Å²) in [6.07, 6.45) is 18.6. The van der Waals surface area contributed by atoms with Crippen molar-refractivity contribution in [2.45, 2.75) is 115 Å². The molecule has 4 aromatic heterocycles. The predicted molar refractivity (Wildman–Crippen MR) is 419 cm³/mol. The molecule has 5 aromatic carbocycles. The number of urea groups is 1. The van der Waals surface area contributed by atoms with Gasteiger partial charge in [-0.05, 0) is 244 Å². The van der Waals surface area contributed by atoms with Gasteiger partial charge in [-0.3, -0.25) is 29.4 Å². The Kier molecular flexibility index (Phi) is 27.2. The molecule has 0 bridgehead atoms. The number of nitrogens with zero attached hydrogens (tertiary/aromatic N) is 12. The van der Waals surface area contributed by atoms with Gasteiger partial charge in [0.2, 0.25) is 0 Å². The zero-order chi connectivity index (χ0) is 73.3. The topological polar surface area (TPSA) is 192 Å². The van der Waals surface area contributed by atoms with E-state index in [2.05, 4.69) is 74.9 Å². The summed E-state index contributed by atoms with van der Waals surface area (Å²) >= 11 is 24.6. The van der Waals surface area contributed by atoms with Gasteiger partial charge in [-0.1, -0.05) is 102 Å². The normalized spacial score (nSPS) is 20.1. The van der Waals surface area contributed by atoms with E-state index in [-0.39, 0.29) is 38.7 Å². The number of piperidine rings is 5. The summed E-state index contributed by atoms with van der Waals surface area (Å²) in [6.45, 7) is 12.8. The number of tetrazole rings is 1. The quantitative estimate of drug-likeness (QED) is 0.0777. The number of anilines is 1. The van der Waals surface area contributed by atoms with E-state index < -0.39 is 0 Å². The Labute approximate surface area is 638 Å². The number of benzene rings is 5. The Morgan fingerprint density at radius 1 is 0.629 bits per heavy atom. The first kappa shape index (κ1) is 76.9. The Balaban J connectivity index is 0.000000170. The molecule has 14 rings (SSSR count). The minimum absolute atomic E-state index is 0. The molecule has 19 nitrogen and oxygen atoms in total. The van der Waals surface area contributed by atoms with Crippen LogP contribution in [0.1, 0.15) is 111 Å². The average Bonchev–Trinajstić information content (AvgIpc) is 1.16. The number of pyridine rings is 3. The van der Waals surface area contributed by atoms with Crippen LogP contribution in [0.3, 0.4) is 0 Å². The molecule has 558 valence electrons. The van der Waals surface area contributed by atoms with E-state index in [4.69, 9.17) is 55.9 Å². The van der Waals surface area contributed by atoms with Crippen molar-refractivity contribution >= 4 is 91.6 Å². The summed E-state index contributed by atoms with van der Waals surface area (Å²) in [4.78, 5) is 63.6. The summed E-state index contributed by atoms with van der Waals surface area (Å²) in [5.41, 5.74) is 8.14. The molecule has 9 heterocycles. The largest absolute Gasteiger partial charge is 0.380 e. The van der Waals surface area contributed by atoms with E-state index in [0.29, 0.717) is 73.7 Å². The van der Waals surface area contributed by atoms with Gasteiger partial charge in [0.05, 0.1) is 37.8 Å². The maximum Gasteiger partial charge on any atom is 0.319 e. The second-order valence-electron chi connectivity index (χ2n) is 28.5. The highest BCUT2D eigenvalue weighted by Gasteiger charge is 2.37. The van der Waals surface area contributed by atoms with Gasteiger partial charge < -0.3 is 34.8 Å². The number of aryl methyl sites for hydroxylation is 3. The highest BCUT2D eigenvalue weighted by molar-refractivity contribution is 6.42. The van der Waals surface area contributed by atoms with Crippen LogP contribution in [-0.4, -0.2) is 195 Å². The van der Waals surface area contributed by atoms with Gasteiger partial charge in [0.15, 0.2) is 5.82 Å². The molecule has 105 heavy (non-hydrogen) atoms. The third kappa shape index (κ3) is 20.5. The zero-order valence-electron chi connectivity index (χ0n) is 60.4. The molecule has 2 N–H and O–H groups in total. The van der Waals surface area contributed by atoms with E-state index in [1.54, 1.807) is 36.4 Å². The van der Waals surface area contributed by atoms with Gasteiger partial charge in [-0.15, -0.1) is 5.10 Å². The average molecular weight is 1510 g/mol. The second-order valence-corrected chi connectivity index (χ2v) is 30.1. The molecule has 24 heteroatoms. The summed E-state index contributed by atoms with van der Waals surface area (Å²) in [5, 5.41) is 23.0. The molecule has 5 atom stereocenters. The third-order valence-corrected chi connectivity index (χ3v) is 23.2. The number of carbonyl (C=O) groups excluding carboxylic acids is 3. The fourth-order valence-corrected chi connectivity index (χ4v) is 16.4. The molecule has 5 aliphatic heterocycles. The number of likely N-dealkylation sites (tertiary alicyclic amines) is 5. The number of nitrogens with one attached hydrogen (secondary N) is 2. The van der Waals surface area contributed by atoms with Crippen molar-refractivity contribution in [1.82, 2.24) is 65.0 Å². The van der Waals surface area contributed by atoms with Crippen molar-refractivity contribution in [3.8, 4) is 11.4 Å². The molecular weight excluding hydrogens is 1410 g/mol. The van der Waals surface area contributed by atoms with Crippen molar-refractivity contribution in [2.75, 3.05) is 98.1 Å². The number of rotatable bonds is 19. The highest BCUT2D eigenvalue weighted by Crippen LogP contribution is 2.34. The first-order valence-corrected chi connectivity index (χ1v) is 38.5. The molecule has 0 spiro atoms. The summed E-state index contributed by atoms with van der Waals surface area (Å²) in [5.74, 6) is 1.85. The Hall–Kier alpha value is -7.76. The lowest BCUT2D eigenvalue weighted by atomic mass is 9.86. The fraction of sp³-hybridized carbons (Fsp3) is 0.444. The standard InChI is InChI=1S/C28H31Cl2N3O2.C27H30Cl2N4O2.C26H34FN7O.2H2/c1-35-26-18-33(13-9-21(26)16-19-6-7-24(29)25(30)17-19)22-10-14-32(15-11-22)28(34)27-23-5-3-2-4-20(23)8-12-31-27;1-35-26-17-33(11-7-19(26)14-18-2-4-22(28)23(29)15-18)21-8-12-32(13-9-21)27(34)25-5-3-20-16-30-10-6-24(20)31-25;1-3-19-14-22(25-30-31-32-33(25)2)16-24(15-19)29-26(35)28-17-21-7-5-13-34(18-21)12-4-6-20-8-10-23(27)11-9-20;;/h2-8,12,17,21-22,26H,9-11,13-16,18H2,1H3;2-6,10,15-16,19,21,26H,7-9,11-14,17H2,1H3;8-11,14-16,21H,3-7,12-13,17-18H2,1-2H3,(H2,28,29,35);2*1H/t21-,26-;19-,26-;21-;;/m110../s1. The maximum absolute atomic E-state index is 13.3. The Morgan fingerprint density at radius 2 is 1.27 bits per heavy atom. The minimum atomic E-state index is -0.200. The lowest BCUT2D eigenvalue weighted by molar-refractivity contribution is -0.0326. The van der Waals surface area contributed by atoms with Crippen molar-refractivity contribution in [2.24, 2.45) is 24.8 Å². The SMILES string of the molecule is CCc1cc(NC(=O)NC[C@@H]2CCCN(CCCc3ccc(F)cc3)C2)cc(-c2nnnn2C)c1.CO[C@@H]1CN(C2CCN(C(=O)c3ccc4cnccc4n3)CC2)CC[C@@H]1Cc1ccc(Cl)c(Cl)c1.CO[C@@H]1CN(C2CCN(C(=O)c3nccc4ccccc34)CC2)CC[C@@H]1Cc1ccc(Cl)c(Cl)c1.[HH].[HH]. The van der Waals surface area contributed by atoms with Gasteiger partial charge in [0.1, 0.15) is 17.2 Å². The van der Waals surface area contributed by atoms with E-state index in [1.807, 2.05) is 121 Å². The van der Waals surface area contributed by atoms with Gasteiger partial charge >= 0.3 is 6.03 Å². The molecule has 5 fully saturated rings. The van der Waals surface area contributed by atoms with Gasteiger partial charge in [0, 0.05) is 129 Å². The molecule has 9 aromatic rings. The van der Waals surface area contributed by atoms with Crippen LogP contribution in [0.4, 0.5) is 14.9 Å². The van der Waals surface area contributed by atoms with Gasteiger partial charge in [0.25, 0.3) is 11.8 Å². The highest BCUT2D eigenvalue weighted by atomic mass is 35.5. The van der Waals surface area contributed by atoms with Crippen LogP contribution in [-0.2, 0) is 42.2 Å². The molecule has 4 amide bonds. The fourth-order valence-electron chi connectivity index (χ4n) is 15.8. The van der Waals surface area contributed by atoms with Crippen molar-refractivity contribution in [1.29, 1.82) is 0 Å². The molecule has 0 aliphatic carbocycles. The monoisotopic (exact) mass is 1510 g/mol. The zero-order valence-corrected chi connectivity index (χ0v) is 63.4. The van der Waals surface area contributed by atoms with Crippen LogP contribution in [0, 0.1) is 23.6 Å². The number of methoxy groups -OCH3 is 2. The van der Waals surface area contributed by atoms with Crippen molar-refractivity contribution < 1.29 is 31.1 Å². The van der Waals surface area contributed by atoms with Crippen molar-refractivity contribution in [3.05, 3.63) is 206 Å². The molecule has 5 saturated heterocycles. The Morgan fingerprint density at radius 3 is 1.89 bits per heavy atom. The van der Waals surface area contributed by atoms with Crippen LogP contribution in [0.25, 0.3) is 33.1 Å². The second kappa shape index (κ2) is 37.2. The van der Waals surface area contributed by atoms with Crippen molar-refractivity contribution in [3.63, 3.8) is 0 Å². The van der Waals surface area contributed by atoms with E-state index in [0.717, 1.165) is 194 Å². The third-order valence-electron chi connectivity index (χ3n) is 21.7. The Bertz CT molecular complexity index is 4390. The number of hydrogen-bond acceptors (Lipinski definition) is 14. The molecule has 0 unspecified atom stereocenters. The van der Waals surface area contributed by atoms with Gasteiger partial charge in [-0.25, -0.2) is 18.9 Å². The summed E-state index contributed by atoms with van der Waals surface area (Å²) in [7, 11) is 5.42. The smallest absolute Gasteiger partial charge is 0.319 e. The lowest BCUT2D eigenvalue weighted by Gasteiger charge is -2.44. The molecule has 0 saturated carbocycles. The lowest BCUT2D eigenvalue weighted by Crippen LogP contribution is -2.53. The first-order chi connectivity index (χ1) is 51.0. The number of fused-ring (bicyclic) bond motifs is 2. The summed E-state index contributed by atoms with van der Waals surface area (Å²) in [6, 6.07) is 40.7. The molecular formula is C81H99Cl4FN14O5. The summed E-state index contributed by atoms with van der Waals surface area (Å²) < 4.78 is 26.5. The first-order valence-electron chi connectivity index (χ1n) is 37.0. The minimum Gasteiger partial charge on any atom is -0.380 e. The van der Waals surface area contributed by atoms with Crippen LogP contribution in [0.15, 0.2) is 146 Å². The van der Waals surface area contributed by atoms with Crippen LogP contribution in [0.5, 0.6) is 0 Å². The number of amides is 4. The number of ether oxygens (including phenoxy) is 2. The molecule has 0 radical (unpaired) electrons. The van der Waals surface area contributed by atoms with E-state index >= 15 is 0 Å². The number of halogens is 5. The van der Waals surface area contributed by atoms with Crippen LogP contribution >= 0.6 is 46.4 Å². The maximum atomic E-state index is 13.3. The van der Waals surface area contributed by atoms with Crippen LogP contribution in [0.2, 0.25) is 20.1 Å². The van der Waals surface area contributed by atoms with E-state index in [1.165, 1.54) is 28.8 Å². The van der Waals surface area contributed by atoms with E-state index in [9.17, 15) is 18.8 Å². The van der Waals surface area contributed by atoms with Gasteiger partial charge in [-0.2, -0.15) is 0 Å². The number of carbonyl (C=O) groups is 3. The number of aromatic nitrogens is 7.